The van der Waals surface area contributed by atoms with Gasteiger partial charge in [0, 0.05) is 30.9 Å². The number of halogens is 2. The number of carbonyl (C=O) groups is 1. The highest BCUT2D eigenvalue weighted by Crippen LogP contribution is 2.33. The normalized spacial score (nSPS) is 14.3. The van der Waals surface area contributed by atoms with Gasteiger partial charge in [-0.2, -0.15) is 5.10 Å². The molecule has 3 rings (SSSR count). The van der Waals surface area contributed by atoms with Crippen LogP contribution in [0.1, 0.15) is 27.9 Å². The largest absolute Gasteiger partial charge is 0.395 e. The van der Waals surface area contributed by atoms with Crippen LogP contribution in [0.4, 0.5) is 0 Å². The van der Waals surface area contributed by atoms with E-state index in [2.05, 4.69) is 10.3 Å². The lowest BCUT2D eigenvalue weighted by molar-refractivity contribution is 0.103. The molecule has 132 valence electrons. The van der Waals surface area contributed by atoms with Crippen LogP contribution < -0.4 is 0 Å². The smallest absolute Gasteiger partial charge is 0.199 e. The molecule has 0 saturated carbocycles. The van der Waals surface area contributed by atoms with E-state index >= 15 is 0 Å². The van der Waals surface area contributed by atoms with Crippen molar-refractivity contribution in [2.45, 2.75) is 11.3 Å². The number of benzene rings is 1. The molecule has 0 aliphatic carbocycles. The Hall–Kier alpha value is -1.90. The number of aryl methyl sites for hydroxylation is 1. The molecule has 0 radical (unpaired) electrons. The van der Waals surface area contributed by atoms with E-state index in [9.17, 15) is 13.2 Å². The highest BCUT2D eigenvalue weighted by Gasteiger charge is 2.28. The maximum atomic E-state index is 12.8. The molecule has 0 atom stereocenters. The van der Waals surface area contributed by atoms with Crippen molar-refractivity contribution in [2.24, 2.45) is 12.2 Å². The van der Waals surface area contributed by atoms with Crippen LogP contribution in [-0.2, 0) is 21.7 Å². The monoisotopic (exact) mass is 401 g/mol. The first-order valence-electron chi connectivity index (χ1n) is 7.15. The van der Waals surface area contributed by atoms with E-state index in [4.69, 9.17) is 28.0 Å². The standard InChI is InChI=1S/C15H13Cl2N3O4S/c1-20-15(17)9(7-18-20)14(21)8-3-4-11(25(2,22)23)12(13(8)16)10-5-6-24-19-10/h3-4,7H,5-6H2,1-2H3. The summed E-state index contributed by atoms with van der Waals surface area (Å²) >= 11 is 12.5. The Morgan fingerprint density at radius 3 is 2.52 bits per heavy atom. The Morgan fingerprint density at radius 1 is 1.28 bits per heavy atom. The number of aromatic nitrogens is 2. The summed E-state index contributed by atoms with van der Waals surface area (Å²) in [6.07, 6.45) is 2.80. The predicted octanol–water partition coefficient (Wildman–Crippen LogP) is 2.49. The Bertz CT molecular complexity index is 1010. The molecule has 0 spiro atoms. The number of hydrogen-bond acceptors (Lipinski definition) is 6. The maximum Gasteiger partial charge on any atom is 0.199 e. The van der Waals surface area contributed by atoms with Crippen molar-refractivity contribution >= 4 is 44.5 Å². The first-order chi connectivity index (χ1) is 11.7. The Kier molecular flexibility index (Phi) is 4.61. The summed E-state index contributed by atoms with van der Waals surface area (Å²) < 4.78 is 25.5. The van der Waals surface area contributed by atoms with Crippen molar-refractivity contribution in [3.8, 4) is 0 Å². The van der Waals surface area contributed by atoms with Crippen molar-refractivity contribution in [3.05, 3.63) is 45.2 Å². The lowest BCUT2D eigenvalue weighted by atomic mass is 10.00. The number of carbonyl (C=O) groups excluding carboxylic acids is 1. The summed E-state index contributed by atoms with van der Waals surface area (Å²) in [5.41, 5.74) is 0.868. The molecule has 10 heteroatoms. The zero-order valence-corrected chi connectivity index (χ0v) is 15.6. The van der Waals surface area contributed by atoms with Gasteiger partial charge in [-0.25, -0.2) is 8.42 Å². The third-order valence-electron chi connectivity index (χ3n) is 3.75. The molecule has 25 heavy (non-hydrogen) atoms. The van der Waals surface area contributed by atoms with Crippen LogP contribution in [0.3, 0.4) is 0 Å². The quantitative estimate of drug-likeness (QED) is 0.733. The van der Waals surface area contributed by atoms with Crippen molar-refractivity contribution in [1.29, 1.82) is 0 Å². The van der Waals surface area contributed by atoms with E-state index in [1.807, 2.05) is 0 Å². The second kappa shape index (κ2) is 6.44. The van der Waals surface area contributed by atoms with E-state index in [1.54, 1.807) is 7.05 Å². The third-order valence-corrected chi connectivity index (χ3v) is 5.73. The fourth-order valence-electron chi connectivity index (χ4n) is 2.51. The maximum absolute atomic E-state index is 12.8. The van der Waals surface area contributed by atoms with Gasteiger partial charge in [0.1, 0.15) is 11.8 Å². The minimum Gasteiger partial charge on any atom is -0.395 e. The van der Waals surface area contributed by atoms with Crippen LogP contribution in [0.2, 0.25) is 10.2 Å². The summed E-state index contributed by atoms with van der Waals surface area (Å²) in [5.74, 6) is -0.455. The highest BCUT2D eigenvalue weighted by atomic mass is 35.5. The molecular weight excluding hydrogens is 389 g/mol. The zero-order chi connectivity index (χ0) is 18.4. The molecule has 0 saturated heterocycles. The molecule has 7 nitrogen and oxygen atoms in total. The molecule has 0 bridgehead atoms. The van der Waals surface area contributed by atoms with Crippen molar-refractivity contribution < 1.29 is 18.0 Å². The van der Waals surface area contributed by atoms with Crippen LogP contribution in [0.25, 0.3) is 0 Å². The molecule has 1 aliphatic heterocycles. The highest BCUT2D eigenvalue weighted by molar-refractivity contribution is 7.90. The molecule has 1 aromatic heterocycles. The molecule has 0 fully saturated rings. The van der Waals surface area contributed by atoms with Gasteiger partial charge >= 0.3 is 0 Å². The molecule has 0 N–H and O–H groups in total. The van der Waals surface area contributed by atoms with E-state index in [1.165, 1.54) is 23.0 Å². The molecule has 2 aromatic rings. The minimum atomic E-state index is -3.58. The average molecular weight is 402 g/mol. The fraction of sp³-hybridized carbons (Fsp3) is 0.267. The van der Waals surface area contributed by atoms with Gasteiger partial charge in [0.15, 0.2) is 15.6 Å². The SMILES string of the molecule is Cn1ncc(C(=O)c2ccc(S(C)(=O)=O)c(C3=NOCC3)c2Cl)c1Cl. The lowest BCUT2D eigenvalue weighted by Crippen LogP contribution is -2.12. The summed E-state index contributed by atoms with van der Waals surface area (Å²) in [4.78, 5) is 17.7. The molecule has 1 aliphatic rings. The van der Waals surface area contributed by atoms with Gasteiger partial charge in [0.2, 0.25) is 0 Å². The Morgan fingerprint density at radius 2 is 2.00 bits per heavy atom. The number of nitrogens with zero attached hydrogens (tertiary/aromatic N) is 3. The van der Waals surface area contributed by atoms with Crippen molar-refractivity contribution in [1.82, 2.24) is 9.78 Å². The number of hydrogen-bond donors (Lipinski definition) is 0. The predicted molar refractivity (Wildman–Crippen MR) is 93.3 cm³/mol. The number of rotatable bonds is 4. The summed E-state index contributed by atoms with van der Waals surface area (Å²) in [6, 6.07) is 2.71. The van der Waals surface area contributed by atoms with Gasteiger partial charge in [-0.15, -0.1) is 0 Å². The summed E-state index contributed by atoms with van der Waals surface area (Å²) in [5, 5.41) is 7.94. The van der Waals surface area contributed by atoms with E-state index in [0.717, 1.165) is 6.26 Å². The van der Waals surface area contributed by atoms with Crippen LogP contribution in [0, 0.1) is 0 Å². The van der Waals surface area contributed by atoms with Gasteiger partial charge in [0.05, 0.1) is 27.4 Å². The molecule has 2 heterocycles. The fourth-order valence-corrected chi connectivity index (χ4v) is 4.01. The van der Waals surface area contributed by atoms with Gasteiger partial charge in [-0.3, -0.25) is 9.48 Å². The summed E-state index contributed by atoms with van der Waals surface area (Å²) in [7, 11) is -1.98. The topological polar surface area (TPSA) is 90.6 Å². The third kappa shape index (κ3) is 3.17. The van der Waals surface area contributed by atoms with Crippen LogP contribution in [-0.4, -0.2) is 42.6 Å². The molecule has 0 amide bonds. The number of ketones is 1. The minimum absolute atomic E-state index is 0.00269. The second-order valence-corrected chi connectivity index (χ2v) is 8.22. The molecular formula is C15H13Cl2N3O4S. The van der Waals surface area contributed by atoms with E-state index in [0.29, 0.717) is 18.7 Å². The first kappa shape index (κ1) is 17.9. The van der Waals surface area contributed by atoms with Gasteiger partial charge < -0.3 is 4.84 Å². The molecule has 1 aromatic carbocycles. The number of oxime groups is 1. The van der Waals surface area contributed by atoms with Gasteiger partial charge in [0.25, 0.3) is 0 Å². The second-order valence-electron chi connectivity index (χ2n) is 5.50. The van der Waals surface area contributed by atoms with Crippen molar-refractivity contribution in [2.75, 3.05) is 12.9 Å². The number of sulfone groups is 1. The van der Waals surface area contributed by atoms with Gasteiger partial charge in [-0.05, 0) is 12.1 Å². The Balaban J connectivity index is 2.22. The first-order valence-corrected chi connectivity index (χ1v) is 9.80. The van der Waals surface area contributed by atoms with Crippen LogP contribution >= 0.6 is 23.2 Å². The van der Waals surface area contributed by atoms with Crippen LogP contribution in [0.15, 0.2) is 28.4 Å². The zero-order valence-electron chi connectivity index (χ0n) is 13.3. The lowest BCUT2D eigenvalue weighted by Gasteiger charge is -2.12. The Labute approximate surface area is 154 Å². The van der Waals surface area contributed by atoms with Crippen molar-refractivity contribution in [3.63, 3.8) is 0 Å². The van der Waals surface area contributed by atoms with E-state index < -0.39 is 15.6 Å². The summed E-state index contributed by atoms with van der Waals surface area (Å²) in [6.45, 7) is 0.321. The van der Waals surface area contributed by atoms with Gasteiger partial charge in [-0.1, -0.05) is 28.4 Å². The molecule has 0 unspecified atom stereocenters. The van der Waals surface area contributed by atoms with Crippen LogP contribution in [0.5, 0.6) is 0 Å². The van der Waals surface area contributed by atoms with E-state index in [-0.39, 0.29) is 31.8 Å². The average Bonchev–Trinajstić information content (AvgIpc) is 3.17.